The van der Waals surface area contributed by atoms with E-state index in [2.05, 4.69) is 10.5 Å². The van der Waals surface area contributed by atoms with Crippen LogP contribution in [0.4, 0.5) is 0 Å². The second-order valence-corrected chi connectivity index (χ2v) is 3.98. The zero-order chi connectivity index (χ0) is 13.3. The Hall–Kier alpha value is -2.11. The van der Waals surface area contributed by atoms with Gasteiger partial charge < -0.3 is 10.3 Å². The molecule has 1 heterocycles. The van der Waals surface area contributed by atoms with Crippen LogP contribution in [0.1, 0.15) is 5.56 Å². The van der Waals surface area contributed by atoms with Gasteiger partial charge in [0.1, 0.15) is 0 Å². The highest BCUT2D eigenvalue weighted by Gasteiger charge is 2.00. The summed E-state index contributed by atoms with van der Waals surface area (Å²) in [6.45, 7) is 1.68. The van der Waals surface area contributed by atoms with E-state index in [1.807, 2.05) is 47.2 Å². The third-order valence-electron chi connectivity index (χ3n) is 2.55. The molecule has 0 fully saturated rings. The second kappa shape index (κ2) is 7.35. The number of nitrogens with zero attached hydrogens (tertiary/aromatic N) is 2. The molecule has 3 N–H and O–H groups in total. The highest BCUT2D eigenvalue weighted by molar-refractivity contribution is 5.62. The van der Waals surface area contributed by atoms with Crippen molar-refractivity contribution in [1.29, 1.82) is 0 Å². The van der Waals surface area contributed by atoms with Crippen molar-refractivity contribution < 1.29 is 4.84 Å². The van der Waals surface area contributed by atoms with E-state index in [1.54, 1.807) is 12.5 Å². The summed E-state index contributed by atoms with van der Waals surface area (Å²) in [4.78, 5) is 9.31. The summed E-state index contributed by atoms with van der Waals surface area (Å²) in [6.07, 6.45) is 7.50. The van der Waals surface area contributed by atoms with Crippen molar-refractivity contribution in [2.75, 3.05) is 13.2 Å². The first-order valence-corrected chi connectivity index (χ1v) is 6.19. The van der Waals surface area contributed by atoms with Gasteiger partial charge in [-0.3, -0.25) is 10.3 Å². The van der Waals surface area contributed by atoms with Crippen molar-refractivity contribution in [2.45, 2.75) is 6.54 Å². The summed E-state index contributed by atoms with van der Waals surface area (Å²) in [6, 6.07) is 10.0. The second-order valence-electron chi connectivity index (χ2n) is 3.98. The van der Waals surface area contributed by atoms with Gasteiger partial charge in [0.25, 0.3) is 0 Å². The fraction of sp³-hybridized carbons (Fsp3) is 0.214. The molecule has 0 aliphatic carbocycles. The lowest BCUT2D eigenvalue weighted by Gasteiger charge is -2.11. The van der Waals surface area contributed by atoms with Gasteiger partial charge in [-0.15, -0.1) is 0 Å². The number of rotatable bonds is 7. The van der Waals surface area contributed by atoms with Crippen LogP contribution in [0.25, 0.3) is 5.70 Å². The minimum Gasteiger partial charge on any atom is -0.334 e. The van der Waals surface area contributed by atoms with Crippen LogP contribution in [0.3, 0.4) is 0 Å². The van der Waals surface area contributed by atoms with Gasteiger partial charge in [0.05, 0.1) is 18.6 Å². The Morgan fingerprint density at radius 3 is 2.89 bits per heavy atom. The fourth-order valence-electron chi connectivity index (χ4n) is 1.62. The Morgan fingerprint density at radius 1 is 1.37 bits per heavy atom. The number of hydrogen-bond acceptors (Lipinski definition) is 4. The van der Waals surface area contributed by atoms with Crippen LogP contribution in [0, 0.1) is 0 Å². The molecule has 19 heavy (non-hydrogen) atoms. The molecule has 0 amide bonds. The first-order valence-electron chi connectivity index (χ1n) is 6.19. The summed E-state index contributed by atoms with van der Waals surface area (Å²) in [5.41, 5.74) is 10.3. The van der Waals surface area contributed by atoms with Crippen LogP contribution >= 0.6 is 0 Å². The van der Waals surface area contributed by atoms with Crippen molar-refractivity contribution in [3.63, 3.8) is 0 Å². The van der Waals surface area contributed by atoms with Crippen molar-refractivity contribution in [3.05, 3.63) is 60.7 Å². The third-order valence-corrected chi connectivity index (χ3v) is 2.55. The maximum Gasteiger partial charge on any atom is 0.0948 e. The number of nitrogens with two attached hydrogens (primary N) is 1. The Labute approximate surface area is 112 Å². The maximum atomic E-state index is 5.41. The molecule has 1 aromatic heterocycles. The van der Waals surface area contributed by atoms with Crippen LogP contribution in [-0.4, -0.2) is 22.7 Å². The lowest BCUT2D eigenvalue weighted by Crippen LogP contribution is -2.19. The van der Waals surface area contributed by atoms with Gasteiger partial charge in [-0.2, -0.15) is 0 Å². The third kappa shape index (κ3) is 4.24. The average molecular weight is 258 g/mol. The van der Waals surface area contributed by atoms with Gasteiger partial charge in [-0.05, 0) is 11.6 Å². The number of hydroxylamine groups is 1. The molecule has 0 aliphatic rings. The molecule has 0 atom stereocenters. The van der Waals surface area contributed by atoms with Crippen molar-refractivity contribution >= 4 is 5.70 Å². The number of imidazole rings is 1. The lowest BCUT2D eigenvalue weighted by molar-refractivity contribution is 0.0847. The van der Waals surface area contributed by atoms with Gasteiger partial charge in [0.2, 0.25) is 0 Å². The lowest BCUT2D eigenvalue weighted by atomic mass is 10.1. The molecule has 0 aliphatic heterocycles. The van der Waals surface area contributed by atoms with Crippen LogP contribution < -0.4 is 11.2 Å². The molecule has 0 spiro atoms. The molecule has 5 heteroatoms. The van der Waals surface area contributed by atoms with Crippen molar-refractivity contribution in [2.24, 2.45) is 5.73 Å². The molecular weight excluding hydrogens is 240 g/mol. The molecular formula is C14H18N4O. The summed E-state index contributed by atoms with van der Waals surface area (Å²) in [5, 5.41) is 0. The predicted molar refractivity (Wildman–Crippen MR) is 74.8 cm³/mol. The van der Waals surface area contributed by atoms with Gasteiger partial charge in [-0.1, -0.05) is 30.3 Å². The Morgan fingerprint density at radius 2 is 2.21 bits per heavy atom. The Balaban J connectivity index is 2.07. The van der Waals surface area contributed by atoms with Crippen molar-refractivity contribution in [1.82, 2.24) is 15.0 Å². The van der Waals surface area contributed by atoms with Gasteiger partial charge in [0, 0.05) is 25.5 Å². The summed E-state index contributed by atoms with van der Waals surface area (Å²) in [5.74, 6) is 0. The fourth-order valence-corrected chi connectivity index (χ4v) is 1.62. The first-order chi connectivity index (χ1) is 9.40. The molecule has 5 nitrogen and oxygen atoms in total. The largest absolute Gasteiger partial charge is 0.334 e. The normalized spacial score (nSPS) is 11.5. The zero-order valence-electron chi connectivity index (χ0n) is 10.7. The standard InChI is InChI=1S/C14H18N4O/c15-7-11-19-17-14(13-4-2-1-3-5-13)6-9-18-10-8-16-12-18/h1-6,8,10,12,17H,7,9,11,15H2. The minimum absolute atomic E-state index is 0.468. The highest BCUT2D eigenvalue weighted by Crippen LogP contribution is 2.11. The molecule has 1 aromatic carbocycles. The molecule has 100 valence electrons. The van der Waals surface area contributed by atoms with Crippen LogP contribution in [0.2, 0.25) is 0 Å². The predicted octanol–water partition coefficient (Wildman–Crippen LogP) is 1.40. The molecule has 2 rings (SSSR count). The number of benzene rings is 1. The van der Waals surface area contributed by atoms with Gasteiger partial charge >= 0.3 is 0 Å². The SMILES string of the molecule is NCCONC(=CCn1ccnc1)c1ccccc1. The minimum atomic E-state index is 0.468. The molecule has 2 aromatic rings. The molecule has 0 unspecified atom stereocenters. The first kappa shape index (κ1) is 13.3. The zero-order valence-corrected chi connectivity index (χ0v) is 10.7. The van der Waals surface area contributed by atoms with E-state index in [0.717, 1.165) is 17.8 Å². The van der Waals surface area contributed by atoms with E-state index >= 15 is 0 Å². The molecule has 0 radical (unpaired) electrons. The monoisotopic (exact) mass is 258 g/mol. The summed E-state index contributed by atoms with van der Waals surface area (Å²) in [7, 11) is 0. The average Bonchev–Trinajstić information content (AvgIpc) is 2.97. The number of hydrogen-bond donors (Lipinski definition) is 2. The topological polar surface area (TPSA) is 65.1 Å². The van der Waals surface area contributed by atoms with E-state index in [9.17, 15) is 0 Å². The van der Waals surface area contributed by atoms with E-state index in [0.29, 0.717) is 13.2 Å². The number of nitrogens with one attached hydrogen (secondary N) is 1. The van der Waals surface area contributed by atoms with Crippen molar-refractivity contribution in [3.8, 4) is 0 Å². The quantitative estimate of drug-likeness (QED) is 0.582. The van der Waals surface area contributed by atoms with E-state index in [4.69, 9.17) is 10.6 Å². The van der Waals surface area contributed by atoms with E-state index in [1.165, 1.54) is 0 Å². The van der Waals surface area contributed by atoms with Gasteiger partial charge in [0.15, 0.2) is 0 Å². The Kier molecular flexibility index (Phi) is 5.16. The molecule has 0 saturated carbocycles. The highest BCUT2D eigenvalue weighted by atomic mass is 16.6. The molecule has 0 bridgehead atoms. The number of allylic oxidation sites excluding steroid dienone is 1. The summed E-state index contributed by atoms with van der Waals surface area (Å²) >= 11 is 0. The van der Waals surface area contributed by atoms with Crippen LogP contribution in [0.15, 0.2) is 55.1 Å². The molecule has 0 saturated heterocycles. The van der Waals surface area contributed by atoms with E-state index < -0.39 is 0 Å². The van der Waals surface area contributed by atoms with E-state index in [-0.39, 0.29) is 0 Å². The van der Waals surface area contributed by atoms with Crippen LogP contribution in [-0.2, 0) is 11.4 Å². The van der Waals surface area contributed by atoms with Gasteiger partial charge in [-0.25, -0.2) is 4.98 Å². The smallest absolute Gasteiger partial charge is 0.0948 e. The summed E-state index contributed by atoms with van der Waals surface area (Å²) < 4.78 is 1.98. The number of aromatic nitrogens is 2. The van der Waals surface area contributed by atoms with Crippen LogP contribution in [0.5, 0.6) is 0 Å². The maximum absolute atomic E-state index is 5.41. The Bertz CT molecular complexity index is 493.